The summed E-state index contributed by atoms with van der Waals surface area (Å²) >= 11 is 0. The van der Waals surface area contributed by atoms with Crippen LogP contribution >= 0.6 is 0 Å². The van der Waals surface area contributed by atoms with Crippen molar-refractivity contribution in [1.82, 2.24) is 0 Å². The molecule has 0 radical (unpaired) electrons. The van der Waals surface area contributed by atoms with E-state index in [1.165, 1.54) is 5.56 Å². The van der Waals surface area contributed by atoms with Crippen LogP contribution in [0.1, 0.15) is 24.8 Å². The molecular formula is C15H19NO2. The summed E-state index contributed by atoms with van der Waals surface area (Å²) in [5, 5.41) is 0. The van der Waals surface area contributed by atoms with Crippen molar-refractivity contribution in [3.05, 3.63) is 47.3 Å². The molecule has 1 aliphatic heterocycles. The average Bonchev–Trinajstić information content (AvgIpc) is 2.46. The third-order valence-corrected chi connectivity index (χ3v) is 3.48. The Bertz CT molecular complexity index is 391. The third-order valence-electron chi connectivity index (χ3n) is 3.48. The predicted octanol–water partition coefficient (Wildman–Crippen LogP) is 3.06. The maximum atomic E-state index is 7.36. The van der Waals surface area contributed by atoms with Crippen molar-refractivity contribution in [2.75, 3.05) is 19.8 Å². The maximum Gasteiger partial charge on any atom is 0.239 e. The van der Waals surface area contributed by atoms with E-state index in [4.69, 9.17) is 16.0 Å². The summed E-state index contributed by atoms with van der Waals surface area (Å²) in [5.41, 5.74) is 0.941. The number of nitrogens with zero attached hydrogens (tertiary/aromatic N) is 1. The minimum atomic E-state index is -0.241. The van der Waals surface area contributed by atoms with Gasteiger partial charge in [0.25, 0.3) is 0 Å². The van der Waals surface area contributed by atoms with E-state index in [9.17, 15) is 0 Å². The molecule has 1 aromatic carbocycles. The Hall–Kier alpha value is -1.37. The van der Waals surface area contributed by atoms with Gasteiger partial charge in [-0.3, -0.25) is 0 Å². The molecule has 96 valence electrons. The molecule has 18 heavy (non-hydrogen) atoms. The number of hydrogen-bond donors (Lipinski definition) is 0. The van der Waals surface area contributed by atoms with Crippen LogP contribution in [0.2, 0.25) is 0 Å². The van der Waals surface area contributed by atoms with Gasteiger partial charge < -0.3 is 14.3 Å². The molecule has 1 aromatic rings. The topological polar surface area (TPSA) is 22.8 Å². The van der Waals surface area contributed by atoms with Gasteiger partial charge in [-0.1, -0.05) is 30.3 Å². The average molecular weight is 245 g/mol. The lowest BCUT2D eigenvalue weighted by molar-refractivity contribution is 0.0436. The zero-order chi connectivity index (χ0) is 12.7. The molecule has 1 saturated heterocycles. The first kappa shape index (κ1) is 13.1. The molecule has 0 atom stereocenters. The van der Waals surface area contributed by atoms with Crippen LogP contribution in [-0.4, -0.2) is 25.4 Å². The summed E-state index contributed by atoms with van der Waals surface area (Å²) in [6.07, 6.45) is 2.49. The monoisotopic (exact) mass is 245 g/mol. The molecule has 0 aliphatic carbocycles. The van der Waals surface area contributed by atoms with Crippen molar-refractivity contribution >= 4 is 0 Å². The van der Waals surface area contributed by atoms with Gasteiger partial charge in [0.1, 0.15) is 0 Å². The molecule has 0 spiro atoms. The standard InChI is InChI=1S/C15H19NO2/c1-16-15(7-10-17-11-8-15)9-12-18-13-14-5-3-2-4-6-14/h2-6H,7-13H2. The van der Waals surface area contributed by atoms with E-state index in [2.05, 4.69) is 17.0 Å². The van der Waals surface area contributed by atoms with Crippen molar-refractivity contribution in [3.8, 4) is 0 Å². The van der Waals surface area contributed by atoms with E-state index in [1.807, 2.05) is 18.2 Å². The Kier molecular flexibility index (Phi) is 4.74. The molecule has 0 unspecified atom stereocenters. The van der Waals surface area contributed by atoms with Crippen LogP contribution in [0.5, 0.6) is 0 Å². The molecule has 1 heterocycles. The fourth-order valence-electron chi connectivity index (χ4n) is 2.20. The SMILES string of the molecule is [C-]#[N+]C1(CCOCc2ccccc2)CCOCC1. The molecule has 2 rings (SSSR count). The molecule has 1 fully saturated rings. The summed E-state index contributed by atoms with van der Waals surface area (Å²) in [4.78, 5) is 3.81. The summed E-state index contributed by atoms with van der Waals surface area (Å²) in [6.45, 7) is 10.1. The highest BCUT2D eigenvalue weighted by molar-refractivity contribution is 5.13. The maximum absolute atomic E-state index is 7.36. The van der Waals surface area contributed by atoms with Gasteiger partial charge in [0.05, 0.1) is 26.4 Å². The van der Waals surface area contributed by atoms with Gasteiger partial charge in [0.2, 0.25) is 5.54 Å². The highest BCUT2D eigenvalue weighted by Gasteiger charge is 2.38. The van der Waals surface area contributed by atoms with Crippen LogP contribution in [0.4, 0.5) is 0 Å². The lowest BCUT2D eigenvalue weighted by atomic mass is 9.88. The number of benzene rings is 1. The quantitative estimate of drug-likeness (QED) is 0.587. The van der Waals surface area contributed by atoms with Crippen LogP contribution in [0.25, 0.3) is 4.85 Å². The third kappa shape index (κ3) is 3.56. The van der Waals surface area contributed by atoms with Crippen LogP contribution in [-0.2, 0) is 16.1 Å². The number of ether oxygens (including phenoxy) is 2. The second-order valence-corrected chi connectivity index (χ2v) is 4.74. The highest BCUT2D eigenvalue weighted by Crippen LogP contribution is 2.28. The fraction of sp³-hybridized carbons (Fsp3) is 0.533. The molecular weight excluding hydrogens is 226 g/mol. The fourth-order valence-corrected chi connectivity index (χ4v) is 2.20. The summed E-state index contributed by atoms with van der Waals surface area (Å²) in [6, 6.07) is 10.1. The lowest BCUT2D eigenvalue weighted by Crippen LogP contribution is -2.34. The zero-order valence-corrected chi connectivity index (χ0v) is 10.6. The summed E-state index contributed by atoms with van der Waals surface area (Å²) < 4.78 is 11.0. The van der Waals surface area contributed by atoms with Crippen LogP contribution in [0.3, 0.4) is 0 Å². The normalized spacial score (nSPS) is 18.2. The van der Waals surface area contributed by atoms with E-state index in [-0.39, 0.29) is 5.54 Å². The Morgan fingerprint density at radius 3 is 2.61 bits per heavy atom. The second kappa shape index (κ2) is 6.53. The van der Waals surface area contributed by atoms with E-state index in [0.717, 1.165) is 19.3 Å². The predicted molar refractivity (Wildman–Crippen MR) is 70.1 cm³/mol. The number of hydrogen-bond acceptors (Lipinski definition) is 2. The smallest absolute Gasteiger partial charge is 0.239 e. The van der Waals surface area contributed by atoms with Gasteiger partial charge in [0, 0.05) is 19.3 Å². The molecule has 3 heteroatoms. The molecule has 0 amide bonds. The Morgan fingerprint density at radius 1 is 1.22 bits per heavy atom. The lowest BCUT2D eigenvalue weighted by Gasteiger charge is -2.26. The molecule has 0 N–H and O–H groups in total. The molecule has 3 nitrogen and oxygen atoms in total. The van der Waals surface area contributed by atoms with E-state index < -0.39 is 0 Å². The first-order chi connectivity index (χ1) is 8.85. The molecule has 0 bridgehead atoms. The van der Waals surface area contributed by atoms with Gasteiger partial charge >= 0.3 is 0 Å². The molecule has 0 aromatic heterocycles. The first-order valence-electron chi connectivity index (χ1n) is 6.43. The van der Waals surface area contributed by atoms with Gasteiger partial charge in [-0.15, -0.1) is 0 Å². The van der Waals surface area contributed by atoms with Crippen molar-refractivity contribution in [1.29, 1.82) is 0 Å². The Morgan fingerprint density at radius 2 is 1.94 bits per heavy atom. The van der Waals surface area contributed by atoms with Gasteiger partial charge in [-0.25, -0.2) is 6.57 Å². The van der Waals surface area contributed by atoms with Gasteiger partial charge in [-0.05, 0) is 5.56 Å². The molecule has 0 saturated carbocycles. The molecule has 1 aliphatic rings. The Labute approximate surface area is 109 Å². The van der Waals surface area contributed by atoms with Crippen LogP contribution in [0, 0.1) is 6.57 Å². The van der Waals surface area contributed by atoms with E-state index in [1.54, 1.807) is 0 Å². The van der Waals surface area contributed by atoms with Gasteiger partial charge in [0.15, 0.2) is 0 Å². The van der Waals surface area contributed by atoms with Gasteiger partial charge in [-0.2, -0.15) is 0 Å². The first-order valence-corrected chi connectivity index (χ1v) is 6.43. The van der Waals surface area contributed by atoms with Crippen molar-refractivity contribution in [2.24, 2.45) is 0 Å². The highest BCUT2D eigenvalue weighted by atomic mass is 16.5. The number of rotatable bonds is 5. The Balaban J connectivity index is 1.73. The van der Waals surface area contributed by atoms with Crippen molar-refractivity contribution < 1.29 is 9.47 Å². The summed E-state index contributed by atoms with van der Waals surface area (Å²) in [7, 11) is 0. The van der Waals surface area contributed by atoms with E-state index >= 15 is 0 Å². The minimum Gasteiger partial charge on any atom is -0.381 e. The zero-order valence-electron chi connectivity index (χ0n) is 10.6. The summed E-state index contributed by atoms with van der Waals surface area (Å²) in [5.74, 6) is 0. The van der Waals surface area contributed by atoms with Crippen LogP contribution < -0.4 is 0 Å². The van der Waals surface area contributed by atoms with Crippen molar-refractivity contribution in [3.63, 3.8) is 0 Å². The minimum absolute atomic E-state index is 0.241. The van der Waals surface area contributed by atoms with Crippen LogP contribution in [0.15, 0.2) is 30.3 Å². The largest absolute Gasteiger partial charge is 0.381 e. The van der Waals surface area contributed by atoms with Crippen molar-refractivity contribution in [2.45, 2.75) is 31.4 Å². The van der Waals surface area contributed by atoms with E-state index in [0.29, 0.717) is 26.4 Å². The second-order valence-electron chi connectivity index (χ2n) is 4.74.